The molecule has 3 aliphatic rings. The van der Waals surface area contributed by atoms with Crippen LogP contribution in [0.25, 0.3) is 0 Å². The SMILES string of the molecule is [O-]N1ON([O-])C2C3C=CC(C3)C21. The average Bonchev–Trinajstić information content (AvgIpc) is 2.64. The third kappa shape index (κ3) is 0.657. The molecule has 2 fully saturated rings. The molecule has 1 heterocycles. The lowest BCUT2D eigenvalue weighted by molar-refractivity contribution is -0.240. The molecule has 1 aliphatic heterocycles. The Kier molecular flexibility index (Phi) is 1.20. The average molecular weight is 168 g/mol. The quantitative estimate of drug-likeness (QED) is 0.489. The molecule has 12 heavy (non-hydrogen) atoms. The van der Waals surface area contributed by atoms with Crippen molar-refractivity contribution in [1.82, 2.24) is 10.5 Å². The Morgan fingerprint density at radius 3 is 2.08 bits per heavy atom. The van der Waals surface area contributed by atoms with E-state index in [1.165, 1.54) is 0 Å². The first-order valence-corrected chi connectivity index (χ1v) is 4.06. The van der Waals surface area contributed by atoms with Crippen LogP contribution in [0.3, 0.4) is 0 Å². The van der Waals surface area contributed by atoms with Crippen LogP contribution >= 0.6 is 0 Å². The Morgan fingerprint density at radius 2 is 1.58 bits per heavy atom. The fraction of sp³-hybridized carbons (Fsp3) is 0.714. The highest BCUT2D eigenvalue weighted by Crippen LogP contribution is 2.47. The van der Waals surface area contributed by atoms with E-state index in [-0.39, 0.29) is 23.9 Å². The van der Waals surface area contributed by atoms with Gasteiger partial charge in [0.05, 0.1) is 0 Å². The number of hydroxylamine groups is 4. The number of rotatable bonds is 0. The van der Waals surface area contributed by atoms with Crippen molar-refractivity contribution < 1.29 is 4.94 Å². The lowest BCUT2D eigenvalue weighted by Crippen LogP contribution is -2.37. The number of fused-ring (bicyclic) bond motifs is 5. The van der Waals surface area contributed by atoms with Gasteiger partial charge in [-0.05, 0) is 18.3 Å². The molecule has 0 aromatic heterocycles. The third-order valence-corrected chi connectivity index (χ3v) is 3.02. The van der Waals surface area contributed by atoms with Crippen molar-refractivity contribution in [2.45, 2.75) is 18.5 Å². The summed E-state index contributed by atoms with van der Waals surface area (Å²) in [5.41, 5.74) is 0. The van der Waals surface area contributed by atoms with E-state index in [1.807, 2.05) is 12.2 Å². The molecule has 2 bridgehead atoms. The van der Waals surface area contributed by atoms with Crippen LogP contribution < -0.4 is 0 Å². The maximum atomic E-state index is 11.1. The normalized spacial score (nSPS) is 52.2. The highest BCUT2D eigenvalue weighted by atomic mass is 17.1. The topological polar surface area (TPSA) is 61.8 Å². The highest BCUT2D eigenvalue weighted by molar-refractivity contribution is 5.19. The van der Waals surface area contributed by atoms with Crippen molar-refractivity contribution in [2.75, 3.05) is 0 Å². The number of nitrogens with zero attached hydrogens (tertiary/aromatic N) is 2. The lowest BCUT2D eigenvalue weighted by atomic mass is 9.98. The van der Waals surface area contributed by atoms with E-state index in [9.17, 15) is 10.4 Å². The van der Waals surface area contributed by atoms with Crippen LogP contribution in [0.4, 0.5) is 0 Å². The van der Waals surface area contributed by atoms with E-state index in [0.29, 0.717) is 10.5 Å². The fourth-order valence-electron chi connectivity index (χ4n) is 2.52. The minimum atomic E-state index is -0.266. The van der Waals surface area contributed by atoms with E-state index in [0.717, 1.165) is 6.42 Å². The van der Waals surface area contributed by atoms with Gasteiger partial charge in [0.1, 0.15) is 0 Å². The van der Waals surface area contributed by atoms with Gasteiger partial charge in [-0.1, -0.05) is 12.2 Å². The van der Waals surface area contributed by atoms with E-state index in [2.05, 4.69) is 4.94 Å². The molecule has 0 radical (unpaired) electrons. The Labute approximate surface area is 69.3 Å². The summed E-state index contributed by atoms with van der Waals surface area (Å²) in [4.78, 5) is 4.42. The molecule has 3 rings (SSSR count). The molecule has 2 aliphatic carbocycles. The molecule has 0 aromatic rings. The monoisotopic (exact) mass is 168 g/mol. The predicted molar refractivity (Wildman–Crippen MR) is 39.8 cm³/mol. The molecule has 0 aromatic carbocycles. The summed E-state index contributed by atoms with van der Waals surface area (Å²) in [6.07, 6.45) is 4.95. The summed E-state index contributed by atoms with van der Waals surface area (Å²) in [6.45, 7) is 0. The molecule has 0 N–H and O–H groups in total. The second-order valence-electron chi connectivity index (χ2n) is 3.58. The summed E-state index contributed by atoms with van der Waals surface area (Å²) in [6, 6.07) is -0.532. The molecule has 5 heteroatoms. The number of hydrogen-bond acceptors (Lipinski definition) is 5. The van der Waals surface area contributed by atoms with Gasteiger partial charge in [0, 0.05) is 12.1 Å². The molecule has 66 valence electrons. The maximum Gasteiger partial charge on any atom is 0.0475 e. The third-order valence-electron chi connectivity index (χ3n) is 3.02. The molecule has 1 saturated heterocycles. The van der Waals surface area contributed by atoms with Crippen LogP contribution in [0.15, 0.2) is 12.2 Å². The van der Waals surface area contributed by atoms with Gasteiger partial charge in [-0.25, -0.2) is 15.4 Å². The first kappa shape index (κ1) is 6.99. The van der Waals surface area contributed by atoms with Crippen molar-refractivity contribution in [3.8, 4) is 0 Å². The van der Waals surface area contributed by atoms with Gasteiger partial charge in [-0.15, -0.1) is 0 Å². The summed E-state index contributed by atoms with van der Waals surface area (Å²) in [5, 5.41) is 23.1. The van der Waals surface area contributed by atoms with Gasteiger partial charge >= 0.3 is 0 Å². The molecular weight excluding hydrogens is 160 g/mol. The minimum absolute atomic E-state index is 0.219. The van der Waals surface area contributed by atoms with Crippen molar-refractivity contribution >= 4 is 0 Å². The summed E-state index contributed by atoms with van der Waals surface area (Å²) in [5.74, 6) is 0.438. The van der Waals surface area contributed by atoms with Crippen LogP contribution in [0.5, 0.6) is 0 Å². The molecule has 4 unspecified atom stereocenters. The van der Waals surface area contributed by atoms with Gasteiger partial charge in [-0.3, -0.25) is 0 Å². The standard InChI is InChI=1S/C7H8N2O3/c10-8-6-4-1-2-5(3-4)7(6)9(11)12-8/h1-2,4-7H,3H2/q-2. The summed E-state index contributed by atoms with van der Waals surface area (Å²) in [7, 11) is 0. The minimum Gasteiger partial charge on any atom is -0.760 e. The molecule has 5 nitrogen and oxygen atoms in total. The maximum absolute atomic E-state index is 11.1. The second kappa shape index (κ2) is 2.07. The lowest BCUT2D eigenvalue weighted by Gasteiger charge is -2.29. The van der Waals surface area contributed by atoms with Gasteiger partial charge in [0.2, 0.25) is 0 Å². The molecule has 1 saturated carbocycles. The zero-order valence-electron chi connectivity index (χ0n) is 6.29. The van der Waals surface area contributed by atoms with Crippen molar-refractivity contribution in [3.63, 3.8) is 0 Å². The second-order valence-corrected chi connectivity index (χ2v) is 3.58. The summed E-state index contributed by atoms with van der Waals surface area (Å²) < 4.78 is 0. The molecule has 0 spiro atoms. The van der Waals surface area contributed by atoms with E-state index in [1.54, 1.807) is 0 Å². The molecular formula is C7H8N2O3-2. The van der Waals surface area contributed by atoms with E-state index < -0.39 is 0 Å². The molecule has 0 amide bonds. The van der Waals surface area contributed by atoms with Gasteiger partial charge in [0.25, 0.3) is 0 Å². The highest BCUT2D eigenvalue weighted by Gasteiger charge is 2.50. The zero-order valence-corrected chi connectivity index (χ0v) is 6.29. The van der Waals surface area contributed by atoms with Crippen molar-refractivity contribution in [1.29, 1.82) is 0 Å². The van der Waals surface area contributed by atoms with Crippen LogP contribution in [0.2, 0.25) is 0 Å². The van der Waals surface area contributed by atoms with Crippen LogP contribution in [-0.2, 0) is 4.94 Å². The zero-order chi connectivity index (χ0) is 8.29. The Morgan fingerprint density at radius 1 is 1.08 bits per heavy atom. The van der Waals surface area contributed by atoms with Crippen molar-refractivity contribution in [2.24, 2.45) is 11.8 Å². The van der Waals surface area contributed by atoms with E-state index >= 15 is 0 Å². The first-order valence-electron chi connectivity index (χ1n) is 4.06. The van der Waals surface area contributed by atoms with Gasteiger partial charge in [-0.2, -0.15) is 0 Å². The number of hydrogen-bond donors (Lipinski definition) is 0. The van der Waals surface area contributed by atoms with E-state index in [4.69, 9.17) is 0 Å². The fourth-order valence-corrected chi connectivity index (χ4v) is 2.52. The predicted octanol–water partition coefficient (Wildman–Crippen LogP) is 0.389. The largest absolute Gasteiger partial charge is 0.760 e. The molecule has 4 atom stereocenters. The summed E-state index contributed by atoms with van der Waals surface area (Å²) >= 11 is 0. The Balaban J connectivity index is 1.98. The smallest absolute Gasteiger partial charge is 0.0475 e. The Hall–Kier alpha value is -0.460. The van der Waals surface area contributed by atoms with Crippen LogP contribution in [0.1, 0.15) is 6.42 Å². The van der Waals surface area contributed by atoms with Gasteiger partial charge in [0.15, 0.2) is 0 Å². The van der Waals surface area contributed by atoms with Crippen LogP contribution in [-0.4, -0.2) is 22.5 Å². The van der Waals surface area contributed by atoms with Crippen LogP contribution in [0, 0.1) is 22.3 Å². The Bertz CT molecular complexity index is 223. The van der Waals surface area contributed by atoms with Gasteiger partial charge < -0.3 is 10.4 Å². The first-order chi connectivity index (χ1) is 5.77. The van der Waals surface area contributed by atoms with Crippen molar-refractivity contribution in [3.05, 3.63) is 22.6 Å².